The van der Waals surface area contributed by atoms with Crippen LogP contribution in [0.15, 0.2) is 94.7 Å². The standard InChI is InChI=1S/C40H50O10S2/c1-5-23-45-37-21-15-33(29-39(37)46-24-6-2)9-7-8-10-34-16-22-38(47-25-27-49-51(41,42)35-17-11-31(3)12-18-35)40(30-34)48-26-28-50-52(43,44)36-19-13-32(4)14-20-36/h11-22,29-30H,5-10,23-28H2,1-4H3. The summed E-state index contributed by atoms with van der Waals surface area (Å²) in [6, 6.07) is 24.5. The quantitative estimate of drug-likeness (QED) is 0.0544. The molecule has 282 valence electrons. The normalized spacial score (nSPS) is 11.7. The van der Waals surface area contributed by atoms with Crippen molar-refractivity contribution in [1.29, 1.82) is 0 Å². The Kier molecular flexibility index (Phi) is 15.8. The lowest BCUT2D eigenvalue weighted by Crippen LogP contribution is -2.15. The fourth-order valence-electron chi connectivity index (χ4n) is 5.10. The van der Waals surface area contributed by atoms with Crippen LogP contribution in [0.25, 0.3) is 0 Å². The third kappa shape index (κ3) is 12.8. The molecule has 52 heavy (non-hydrogen) atoms. The van der Waals surface area contributed by atoms with Crippen LogP contribution in [0.5, 0.6) is 23.0 Å². The van der Waals surface area contributed by atoms with Crippen LogP contribution >= 0.6 is 0 Å². The van der Waals surface area contributed by atoms with E-state index in [0.29, 0.717) is 24.7 Å². The molecule has 0 radical (unpaired) electrons. The van der Waals surface area contributed by atoms with Crippen LogP contribution in [0.3, 0.4) is 0 Å². The first-order chi connectivity index (χ1) is 25.0. The van der Waals surface area contributed by atoms with Gasteiger partial charge in [-0.1, -0.05) is 61.4 Å². The molecule has 0 amide bonds. The highest BCUT2D eigenvalue weighted by Crippen LogP contribution is 2.31. The number of unbranched alkanes of at least 4 members (excludes halogenated alkanes) is 1. The highest BCUT2D eigenvalue weighted by atomic mass is 32.2. The van der Waals surface area contributed by atoms with E-state index in [1.165, 1.54) is 29.8 Å². The molecule has 0 aromatic heterocycles. The third-order valence-electron chi connectivity index (χ3n) is 7.90. The predicted octanol–water partition coefficient (Wildman–Crippen LogP) is 8.02. The second-order valence-corrected chi connectivity index (χ2v) is 15.6. The van der Waals surface area contributed by atoms with Crippen molar-refractivity contribution in [3.63, 3.8) is 0 Å². The molecule has 0 saturated carbocycles. The van der Waals surface area contributed by atoms with Crippen LogP contribution in [-0.2, 0) is 41.4 Å². The van der Waals surface area contributed by atoms with E-state index in [4.69, 9.17) is 27.3 Å². The molecule has 0 unspecified atom stereocenters. The number of rotatable bonds is 23. The lowest BCUT2D eigenvalue weighted by Gasteiger charge is -2.15. The summed E-state index contributed by atoms with van der Waals surface area (Å²) in [7, 11) is -7.91. The molecule has 0 heterocycles. The molecule has 0 bridgehead atoms. The minimum Gasteiger partial charge on any atom is -0.490 e. The van der Waals surface area contributed by atoms with E-state index in [1.54, 1.807) is 30.3 Å². The van der Waals surface area contributed by atoms with Crippen molar-refractivity contribution in [2.75, 3.05) is 39.6 Å². The first-order valence-electron chi connectivity index (χ1n) is 17.7. The molecular weight excluding hydrogens is 705 g/mol. The molecule has 0 spiro atoms. The molecule has 12 heteroatoms. The van der Waals surface area contributed by atoms with Gasteiger partial charge in [0.1, 0.15) is 26.4 Å². The maximum atomic E-state index is 12.6. The van der Waals surface area contributed by atoms with Crippen LogP contribution in [0.2, 0.25) is 0 Å². The smallest absolute Gasteiger partial charge is 0.297 e. The Labute approximate surface area is 309 Å². The van der Waals surface area contributed by atoms with Crippen LogP contribution in [0.4, 0.5) is 0 Å². The predicted molar refractivity (Wildman–Crippen MR) is 201 cm³/mol. The van der Waals surface area contributed by atoms with E-state index in [-0.39, 0.29) is 36.2 Å². The molecular formula is C40H50O10S2. The van der Waals surface area contributed by atoms with Crippen molar-refractivity contribution in [2.24, 2.45) is 0 Å². The Hall–Kier alpha value is -4.10. The third-order valence-corrected chi connectivity index (χ3v) is 10.6. The van der Waals surface area contributed by atoms with E-state index >= 15 is 0 Å². The van der Waals surface area contributed by atoms with Gasteiger partial charge in [-0.3, -0.25) is 8.37 Å². The molecule has 0 aliphatic carbocycles. The summed E-state index contributed by atoms with van der Waals surface area (Å²) in [6.07, 6.45) is 5.32. The number of aryl methyl sites for hydroxylation is 4. The van der Waals surface area contributed by atoms with Gasteiger partial charge in [-0.25, -0.2) is 0 Å². The SMILES string of the molecule is CCCOc1ccc(CCCCc2ccc(OCCOS(=O)(=O)c3ccc(C)cc3)c(OCCOS(=O)(=O)c3ccc(C)cc3)c2)cc1OCCC. The van der Waals surface area contributed by atoms with Gasteiger partial charge in [0.05, 0.1) is 23.0 Å². The van der Waals surface area contributed by atoms with Gasteiger partial charge in [-0.15, -0.1) is 0 Å². The fourth-order valence-corrected chi connectivity index (χ4v) is 6.88. The Bertz CT molecular complexity index is 1910. The molecule has 0 N–H and O–H groups in total. The van der Waals surface area contributed by atoms with Gasteiger partial charge in [0.2, 0.25) is 0 Å². The minimum atomic E-state index is -3.96. The van der Waals surface area contributed by atoms with Crippen molar-refractivity contribution in [2.45, 2.75) is 76.0 Å². The van der Waals surface area contributed by atoms with Crippen LogP contribution in [0, 0.1) is 13.8 Å². The maximum absolute atomic E-state index is 12.6. The highest BCUT2D eigenvalue weighted by molar-refractivity contribution is 7.87. The Morgan fingerprint density at radius 1 is 0.442 bits per heavy atom. The molecule has 10 nitrogen and oxygen atoms in total. The van der Waals surface area contributed by atoms with Crippen LogP contribution in [0.1, 0.15) is 61.8 Å². The molecule has 0 fully saturated rings. The van der Waals surface area contributed by atoms with E-state index < -0.39 is 20.2 Å². The van der Waals surface area contributed by atoms with Crippen molar-refractivity contribution >= 4 is 20.2 Å². The number of hydrogen-bond acceptors (Lipinski definition) is 10. The number of ether oxygens (including phenoxy) is 4. The van der Waals surface area contributed by atoms with E-state index in [0.717, 1.165) is 66.7 Å². The summed E-state index contributed by atoms with van der Waals surface area (Å²) in [5.74, 6) is 2.30. The van der Waals surface area contributed by atoms with E-state index in [9.17, 15) is 16.8 Å². The van der Waals surface area contributed by atoms with Crippen molar-refractivity contribution < 1.29 is 44.1 Å². The van der Waals surface area contributed by atoms with Crippen molar-refractivity contribution in [3.05, 3.63) is 107 Å². The summed E-state index contributed by atoms with van der Waals surface area (Å²) >= 11 is 0. The maximum Gasteiger partial charge on any atom is 0.297 e. The average Bonchev–Trinajstić information content (AvgIpc) is 3.13. The topological polar surface area (TPSA) is 124 Å². The van der Waals surface area contributed by atoms with Gasteiger partial charge < -0.3 is 18.9 Å². The zero-order valence-corrected chi connectivity index (χ0v) is 32.1. The Morgan fingerprint density at radius 2 is 0.808 bits per heavy atom. The van der Waals surface area contributed by atoms with Crippen molar-refractivity contribution in [3.8, 4) is 23.0 Å². The number of hydrogen-bond donors (Lipinski definition) is 0. The fraction of sp³-hybridized carbons (Fsp3) is 0.400. The molecule has 0 atom stereocenters. The zero-order chi connectivity index (χ0) is 37.4. The summed E-state index contributed by atoms with van der Waals surface area (Å²) in [4.78, 5) is 0.130. The van der Waals surface area contributed by atoms with Crippen LogP contribution in [-0.4, -0.2) is 56.5 Å². The molecule has 4 rings (SSSR count). The first-order valence-corrected chi connectivity index (χ1v) is 20.5. The molecule has 4 aromatic carbocycles. The van der Waals surface area contributed by atoms with Gasteiger partial charge in [0.15, 0.2) is 23.0 Å². The first kappa shape index (κ1) is 40.7. The second kappa shape index (κ2) is 20.2. The summed E-state index contributed by atoms with van der Waals surface area (Å²) in [6.45, 7) is 8.59. The van der Waals surface area contributed by atoms with Gasteiger partial charge in [-0.05, 0) is 112 Å². The Balaban J connectivity index is 1.36. The molecule has 4 aromatic rings. The lowest BCUT2D eigenvalue weighted by atomic mass is 10.0. The second-order valence-electron chi connectivity index (χ2n) is 12.3. The summed E-state index contributed by atoms with van der Waals surface area (Å²) < 4.78 is 84.5. The van der Waals surface area contributed by atoms with Crippen LogP contribution < -0.4 is 18.9 Å². The largest absolute Gasteiger partial charge is 0.490 e. The van der Waals surface area contributed by atoms with E-state index in [2.05, 4.69) is 26.0 Å². The summed E-state index contributed by atoms with van der Waals surface area (Å²) in [5, 5.41) is 0. The van der Waals surface area contributed by atoms with Gasteiger partial charge in [0.25, 0.3) is 20.2 Å². The zero-order valence-electron chi connectivity index (χ0n) is 30.5. The average molecular weight is 755 g/mol. The number of benzene rings is 4. The highest BCUT2D eigenvalue weighted by Gasteiger charge is 2.17. The Morgan fingerprint density at radius 3 is 1.21 bits per heavy atom. The minimum absolute atomic E-state index is 0.0642. The molecule has 0 aliphatic heterocycles. The van der Waals surface area contributed by atoms with Gasteiger partial charge in [-0.2, -0.15) is 16.8 Å². The lowest BCUT2D eigenvalue weighted by molar-refractivity contribution is 0.195. The summed E-state index contributed by atoms with van der Waals surface area (Å²) in [5.41, 5.74) is 4.05. The van der Waals surface area contributed by atoms with E-state index in [1.807, 2.05) is 32.0 Å². The molecule has 0 saturated heterocycles. The van der Waals surface area contributed by atoms with Crippen molar-refractivity contribution in [1.82, 2.24) is 0 Å². The van der Waals surface area contributed by atoms with Gasteiger partial charge in [0, 0.05) is 0 Å². The monoisotopic (exact) mass is 754 g/mol. The van der Waals surface area contributed by atoms with Gasteiger partial charge >= 0.3 is 0 Å². The molecule has 0 aliphatic rings.